The third-order valence-corrected chi connectivity index (χ3v) is 5.83. The minimum absolute atomic E-state index is 0.176. The molecule has 0 saturated heterocycles. The van der Waals surface area contributed by atoms with E-state index in [9.17, 15) is 4.79 Å². The Labute approximate surface area is 169 Å². The van der Waals surface area contributed by atoms with Gasteiger partial charge in [-0.3, -0.25) is 15.1 Å². The first-order valence-corrected chi connectivity index (χ1v) is 9.93. The van der Waals surface area contributed by atoms with Gasteiger partial charge in [0.2, 0.25) is 0 Å². The van der Waals surface area contributed by atoms with Crippen LogP contribution in [-0.4, -0.2) is 26.4 Å². The Morgan fingerprint density at radius 2 is 1.71 bits per heavy atom. The van der Waals surface area contributed by atoms with E-state index in [2.05, 4.69) is 54.6 Å². The number of carbonyl (C=O) groups excluding carboxylic acids is 1. The molecule has 5 nitrogen and oxygen atoms in total. The van der Waals surface area contributed by atoms with Crippen LogP contribution in [0.2, 0.25) is 0 Å². The number of aryl methyl sites for hydroxylation is 3. The average molecular weight is 391 g/mol. The lowest BCUT2D eigenvalue weighted by Gasteiger charge is -2.22. The fourth-order valence-corrected chi connectivity index (χ4v) is 4.58. The number of amidine groups is 2. The van der Waals surface area contributed by atoms with Gasteiger partial charge in [-0.15, -0.1) is 0 Å². The Balaban J connectivity index is 1.79. The van der Waals surface area contributed by atoms with Gasteiger partial charge in [-0.2, -0.15) is 4.99 Å². The van der Waals surface area contributed by atoms with Crippen LogP contribution in [0.1, 0.15) is 35.0 Å². The zero-order valence-corrected chi connectivity index (χ0v) is 17.4. The SMILES string of the molecule is CC1=CN2C(=N)C(=Cc3cc(C)n(-c4cc(C)cc(C)c4)c3C)C(=O)N=C2S1. The molecule has 1 aromatic heterocycles. The second kappa shape index (κ2) is 6.63. The average Bonchev–Trinajstić information content (AvgIpc) is 3.09. The molecule has 0 spiro atoms. The Kier molecular flexibility index (Phi) is 4.38. The summed E-state index contributed by atoms with van der Waals surface area (Å²) in [6.07, 6.45) is 3.64. The maximum Gasteiger partial charge on any atom is 0.283 e. The van der Waals surface area contributed by atoms with Crippen molar-refractivity contribution in [1.29, 1.82) is 5.41 Å². The van der Waals surface area contributed by atoms with Crippen LogP contribution in [0.25, 0.3) is 11.8 Å². The molecule has 2 aromatic rings. The molecular formula is C22H22N4OS. The normalized spacial score (nSPS) is 17.9. The number of amides is 1. The summed E-state index contributed by atoms with van der Waals surface area (Å²) >= 11 is 1.42. The number of aromatic nitrogens is 1. The molecule has 0 saturated carbocycles. The number of aliphatic imine (C=N–C) groups is 1. The number of allylic oxidation sites excluding steroid dienone is 1. The van der Waals surface area contributed by atoms with Crippen molar-refractivity contribution in [2.24, 2.45) is 4.99 Å². The lowest BCUT2D eigenvalue weighted by molar-refractivity contribution is -0.114. The topological polar surface area (TPSA) is 61.5 Å². The van der Waals surface area contributed by atoms with Crippen LogP contribution >= 0.6 is 11.8 Å². The zero-order valence-electron chi connectivity index (χ0n) is 16.6. The fraction of sp³-hybridized carbons (Fsp3) is 0.227. The molecule has 0 atom stereocenters. The highest BCUT2D eigenvalue weighted by Crippen LogP contribution is 2.33. The van der Waals surface area contributed by atoms with Crippen LogP contribution in [0.15, 0.2) is 45.9 Å². The first kappa shape index (κ1) is 18.5. The number of carbonyl (C=O) groups is 1. The number of hydrogen-bond donors (Lipinski definition) is 1. The second-order valence-corrected chi connectivity index (χ2v) is 8.54. The van der Waals surface area contributed by atoms with Crippen molar-refractivity contribution in [2.45, 2.75) is 34.6 Å². The molecule has 0 bridgehead atoms. The van der Waals surface area contributed by atoms with Gasteiger partial charge in [0.15, 0.2) is 5.17 Å². The van der Waals surface area contributed by atoms with Crippen molar-refractivity contribution < 1.29 is 4.79 Å². The molecule has 1 amide bonds. The van der Waals surface area contributed by atoms with Gasteiger partial charge in [0.25, 0.3) is 5.91 Å². The molecule has 0 radical (unpaired) electrons. The molecule has 28 heavy (non-hydrogen) atoms. The quantitative estimate of drug-likeness (QED) is 0.744. The molecule has 4 rings (SSSR count). The van der Waals surface area contributed by atoms with Crippen molar-refractivity contribution in [3.63, 3.8) is 0 Å². The van der Waals surface area contributed by atoms with Crippen LogP contribution < -0.4 is 0 Å². The summed E-state index contributed by atoms with van der Waals surface area (Å²) in [5, 5.41) is 9.05. The molecule has 0 unspecified atom stereocenters. The third kappa shape index (κ3) is 3.03. The van der Waals surface area contributed by atoms with Gasteiger partial charge in [-0.05, 0) is 75.6 Å². The van der Waals surface area contributed by atoms with Gasteiger partial charge < -0.3 is 4.57 Å². The van der Waals surface area contributed by atoms with E-state index in [1.807, 2.05) is 20.0 Å². The lowest BCUT2D eigenvalue weighted by atomic mass is 10.1. The Hall–Kier alpha value is -2.86. The standard InChI is InChI=1S/C22H22N4OS/c1-12-6-13(2)8-18(7-12)26-14(3)9-17(16(26)5)10-19-20(23)25-11-15(4)28-22(25)24-21(19)27/h6-11,23H,1-5H3. The minimum Gasteiger partial charge on any atom is -0.318 e. The molecule has 6 heteroatoms. The first-order valence-electron chi connectivity index (χ1n) is 9.11. The van der Waals surface area contributed by atoms with Gasteiger partial charge in [-0.1, -0.05) is 17.8 Å². The molecular weight excluding hydrogens is 368 g/mol. The number of thioether (sulfide) groups is 1. The van der Waals surface area contributed by atoms with Crippen molar-refractivity contribution >= 4 is 34.7 Å². The van der Waals surface area contributed by atoms with E-state index in [0.29, 0.717) is 10.7 Å². The van der Waals surface area contributed by atoms with Crippen molar-refractivity contribution in [3.8, 4) is 5.69 Å². The summed E-state index contributed by atoms with van der Waals surface area (Å²) in [6.45, 7) is 10.2. The summed E-state index contributed by atoms with van der Waals surface area (Å²) in [5.41, 5.74) is 6.89. The largest absolute Gasteiger partial charge is 0.318 e. The second-order valence-electron chi connectivity index (χ2n) is 7.33. The molecule has 0 fully saturated rings. The highest BCUT2D eigenvalue weighted by atomic mass is 32.2. The Morgan fingerprint density at radius 3 is 2.39 bits per heavy atom. The van der Waals surface area contributed by atoms with E-state index in [4.69, 9.17) is 5.41 Å². The molecule has 0 aliphatic carbocycles. The van der Waals surface area contributed by atoms with E-state index in [0.717, 1.165) is 27.5 Å². The fourth-order valence-electron chi connectivity index (χ4n) is 3.77. The zero-order chi connectivity index (χ0) is 20.2. The van der Waals surface area contributed by atoms with E-state index < -0.39 is 0 Å². The maximum atomic E-state index is 12.6. The van der Waals surface area contributed by atoms with Crippen LogP contribution in [0, 0.1) is 33.1 Å². The molecule has 1 aromatic carbocycles. The van der Waals surface area contributed by atoms with Crippen molar-refractivity contribution in [2.75, 3.05) is 0 Å². The van der Waals surface area contributed by atoms with Crippen molar-refractivity contribution in [1.82, 2.24) is 9.47 Å². The molecule has 2 aliphatic rings. The molecule has 2 aliphatic heterocycles. The third-order valence-electron chi connectivity index (χ3n) is 4.93. The van der Waals surface area contributed by atoms with E-state index in [-0.39, 0.29) is 11.7 Å². The smallest absolute Gasteiger partial charge is 0.283 e. The van der Waals surface area contributed by atoms with Crippen LogP contribution in [0.3, 0.4) is 0 Å². The van der Waals surface area contributed by atoms with Gasteiger partial charge >= 0.3 is 0 Å². The monoisotopic (exact) mass is 390 g/mol. The van der Waals surface area contributed by atoms with Gasteiger partial charge in [0, 0.05) is 28.2 Å². The Bertz CT molecular complexity index is 1110. The van der Waals surface area contributed by atoms with Gasteiger partial charge in [-0.25, -0.2) is 0 Å². The van der Waals surface area contributed by atoms with Crippen LogP contribution in [-0.2, 0) is 4.79 Å². The molecule has 1 N–H and O–H groups in total. The number of hydrogen-bond acceptors (Lipinski definition) is 3. The van der Waals surface area contributed by atoms with E-state index >= 15 is 0 Å². The minimum atomic E-state index is -0.358. The molecule has 142 valence electrons. The number of benzene rings is 1. The number of nitrogens with zero attached hydrogens (tertiary/aromatic N) is 3. The summed E-state index contributed by atoms with van der Waals surface area (Å²) in [4.78, 5) is 19.4. The van der Waals surface area contributed by atoms with Crippen LogP contribution in [0.5, 0.6) is 0 Å². The van der Waals surface area contributed by atoms with Crippen LogP contribution in [0.4, 0.5) is 0 Å². The predicted octanol–water partition coefficient (Wildman–Crippen LogP) is 4.88. The van der Waals surface area contributed by atoms with Gasteiger partial charge in [0.05, 0.1) is 5.57 Å². The predicted molar refractivity (Wildman–Crippen MR) is 116 cm³/mol. The Morgan fingerprint density at radius 1 is 1.04 bits per heavy atom. The maximum absolute atomic E-state index is 12.6. The highest BCUT2D eigenvalue weighted by Gasteiger charge is 2.33. The van der Waals surface area contributed by atoms with E-state index in [1.54, 1.807) is 11.0 Å². The number of fused-ring (bicyclic) bond motifs is 1. The van der Waals surface area contributed by atoms with E-state index in [1.165, 1.54) is 22.9 Å². The van der Waals surface area contributed by atoms with Crippen molar-refractivity contribution in [3.05, 3.63) is 69.0 Å². The summed E-state index contributed by atoms with van der Waals surface area (Å²) in [7, 11) is 0. The molecule has 3 heterocycles. The lowest BCUT2D eigenvalue weighted by Crippen LogP contribution is -2.35. The summed E-state index contributed by atoms with van der Waals surface area (Å²) < 4.78 is 2.19. The first-order chi connectivity index (χ1) is 13.2. The summed E-state index contributed by atoms with van der Waals surface area (Å²) in [6, 6.07) is 8.52. The number of nitrogens with one attached hydrogen (secondary N) is 1. The van der Waals surface area contributed by atoms with Gasteiger partial charge in [0.1, 0.15) is 5.84 Å². The summed E-state index contributed by atoms with van der Waals surface area (Å²) in [5.74, 6) is -0.182. The number of rotatable bonds is 2. The highest BCUT2D eigenvalue weighted by molar-refractivity contribution is 8.17.